The monoisotopic (exact) mass is 277 g/mol. The van der Waals surface area contributed by atoms with Gasteiger partial charge in [0.2, 0.25) is 0 Å². The summed E-state index contributed by atoms with van der Waals surface area (Å²) < 4.78 is 0. The van der Waals surface area contributed by atoms with Crippen molar-refractivity contribution >= 4 is 27.2 Å². The number of fused-ring (bicyclic) bond motifs is 2. The lowest BCUT2D eigenvalue weighted by Crippen LogP contribution is -1.96. The van der Waals surface area contributed by atoms with Crippen LogP contribution in [0, 0.1) is 0 Å². The summed E-state index contributed by atoms with van der Waals surface area (Å²) in [6.45, 7) is 2.25. The minimum absolute atomic E-state index is 0.939. The van der Waals surface area contributed by atoms with Gasteiger partial charge in [-0.3, -0.25) is 0 Å². The lowest BCUT2D eigenvalue weighted by molar-refractivity contribution is 0.669. The van der Waals surface area contributed by atoms with Gasteiger partial charge in [-0.25, -0.2) is 0 Å². The number of aryl methyl sites for hydroxylation is 1. The molecule has 0 aromatic heterocycles. The average Bonchev–Trinajstić information content (AvgIpc) is 2.51. The molecule has 0 heterocycles. The molecule has 2 N–H and O–H groups in total. The van der Waals surface area contributed by atoms with Gasteiger partial charge in [0.05, 0.1) is 0 Å². The van der Waals surface area contributed by atoms with Gasteiger partial charge in [0.1, 0.15) is 0 Å². The van der Waals surface area contributed by atoms with E-state index in [1.807, 2.05) is 0 Å². The SMILES string of the molecule is CCCCCCc1c(N)ccc2cc3ccccc3cc12. The van der Waals surface area contributed by atoms with Crippen LogP contribution < -0.4 is 5.73 Å². The molecule has 0 aliphatic carbocycles. The minimum atomic E-state index is 0.939. The fourth-order valence-corrected chi connectivity index (χ4v) is 3.10. The lowest BCUT2D eigenvalue weighted by Gasteiger charge is -2.11. The fraction of sp³-hybridized carbons (Fsp3) is 0.300. The molecule has 0 amide bonds. The predicted octanol–water partition coefficient (Wildman–Crippen LogP) is 5.70. The Morgan fingerprint density at radius 2 is 1.57 bits per heavy atom. The van der Waals surface area contributed by atoms with Crippen molar-refractivity contribution in [1.82, 2.24) is 0 Å². The predicted molar refractivity (Wildman–Crippen MR) is 93.7 cm³/mol. The third-order valence-corrected chi connectivity index (χ3v) is 4.31. The largest absolute Gasteiger partial charge is 0.398 e. The molecule has 0 spiro atoms. The molecular weight excluding hydrogens is 254 g/mol. The maximum absolute atomic E-state index is 6.25. The molecule has 0 radical (unpaired) electrons. The summed E-state index contributed by atoms with van der Waals surface area (Å²) in [5, 5.41) is 5.22. The number of anilines is 1. The summed E-state index contributed by atoms with van der Waals surface area (Å²) in [6, 6.07) is 17.3. The molecule has 3 rings (SSSR count). The first-order valence-corrected chi connectivity index (χ1v) is 7.99. The summed E-state index contributed by atoms with van der Waals surface area (Å²) in [5.41, 5.74) is 8.51. The smallest absolute Gasteiger partial charge is 0.0353 e. The number of nitrogens with two attached hydrogens (primary N) is 1. The van der Waals surface area contributed by atoms with Crippen LogP contribution in [0.15, 0.2) is 48.5 Å². The highest BCUT2D eigenvalue weighted by Crippen LogP contribution is 2.30. The molecule has 108 valence electrons. The van der Waals surface area contributed by atoms with Crippen molar-refractivity contribution in [1.29, 1.82) is 0 Å². The normalized spacial score (nSPS) is 11.3. The van der Waals surface area contributed by atoms with Crippen LogP contribution in [0.25, 0.3) is 21.5 Å². The second-order valence-corrected chi connectivity index (χ2v) is 5.86. The zero-order valence-corrected chi connectivity index (χ0v) is 12.7. The van der Waals surface area contributed by atoms with Crippen molar-refractivity contribution < 1.29 is 0 Å². The molecule has 21 heavy (non-hydrogen) atoms. The average molecular weight is 277 g/mol. The van der Waals surface area contributed by atoms with Crippen molar-refractivity contribution in [3.63, 3.8) is 0 Å². The zero-order valence-electron chi connectivity index (χ0n) is 12.7. The second kappa shape index (κ2) is 6.17. The summed E-state index contributed by atoms with van der Waals surface area (Å²) >= 11 is 0. The molecule has 3 aromatic carbocycles. The van der Waals surface area contributed by atoms with Gasteiger partial charge < -0.3 is 5.73 Å². The first kappa shape index (κ1) is 13.9. The number of hydrogen-bond donors (Lipinski definition) is 1. The molecule has 0 saturated heterocycles. The van der Waals surface area contributed by atoms with E-state index in [9.17, 15) is 0 Å². The molecule has 0 saturated carbocycles. The minimum Gasteiger partial charge on any atom is -0.398 e. The van der Waals surface area contributed by atoms with E-state index in [-0.39, 0.29) is 0 Å². The van der Waals surface area contributed by atoms with E-state index in [1.54, 1.807) is 0 Å². The van der Waals surface area contributed by atoms with Gasteiger partial charge in [-0.1, -0.05) is 56.5 Å². The Balaban J connectivity index is 2.04. The van der Waals surface area contributed by atoms with Gasteiger partial charge in [-0.15, -0.1) is 0 Å². The summed E-state index contributed by atoms with van der Waals surface area (Å²) in [5.74, 6) is 0. The lowest BCUT2D eigenvalue weighted by atomic mass is 9.95. The molecule has 0 bridgehead atoms. The van der Waals surface area contributed by atoms with Crippen LogP contribution in [0.2, 0.25) is 0 Å². The standard InChI is InChI=1S/C20H23N/c1-2-3-4-5-10-18-19-14-16-9-7-6-8-15(16)13-17(19)11-12-20(18)21/h6-9,11-14H,2-5,10,21H2,1H3. The molecular formula is C20H23N. The fourth-order valence-electron chi connectivity index (χ4n) is 3.10. The van der Waals surface area contributed by atoms with Crippen LogP contribution >= 0.6 is 0 Å². The highest BCUT2D eigenvalue weighted by molar-refractivity contribution is 6.01. The van der Waals surface area contributed by atoms with Gasteiger partial charge in [0.25, 0.3) is 0 Å². The Bertz CT molecular complexity index is 758. The van der Waals surface area contributed by atoms with Crippen LogP contribution in [0.3, 0.4) is 0 Å². The maximum atomic E-state index is 6.25. The zero-order chi connectivity index (χ0) is 14.7. The molecule has 3 aromatic rings. The number of benzene rings is 3. The van der Waals surface area contributed by atoms with E-state index < -0.39 is 0 Å². The van der Waals surface area contributed by atoms with Crippen LogP contribution in [-0.4, -0.2) is 0 Å². The first-order chi connectivity index (χ1) is 10.3. The maximum Gasteiger partial charge on any atom is 0.0353 e. The van der Waals surface area contributed by atoms with Crippen molar-refractivity contribution in [2.24, 2.45) is 0 Å². The van der Waals surface area contributed by atoms with Crippen molar-refractivity contribution in [3.8, 4) is 0 Å². The summed E-state index contributed by atoms with van der Waals surface area (Å²) in [4.78, 5) is 0. The van der Waals surface area contributed by atoms with Crippen molar-refractivity contribution in [2.45, 2.75) is 39.0 Å². The number of hydrogen-bond acceptors (Lipinski definition) is 1. The number of nitrogen functional groups attached to an aromatic ring is 1. The molecule has 0 fully saturated rings. The Hall–Kier alpha value is -2.02. The number of rotatable bonds is 5. The molecule has 0 unspecified atom stereocenters. The van der Waals surface area contributed by atoms with Crippen LogP contribution in [0.4, 0.5) is 5.69 Å². The van der Waals surface area contributed by atoms with E-state index in [4.69, 9.17) is 5.73 Å². The van der Waals surface area contributed by atoms with Gasteiger partial charge in [-0.05, 0) is 58.1 Å². The topological polar surface area (TPSA) is 26.0 Å². The Morgan fingerprint density at radius 1 is 0.810 bits per heavy atom. The number of unbranched alkanes of at least 4 members (excludes halogenated alkanes) is 3. The molecule has 0 atom stereocenters. The van der Waals surface area contributed by atoms with E-state index in [0.717, 1.165) is 12.1 Å². The highest BCUT2D eigenvalue weighted by atomic mass is 14.6. The van der Waals surface area contributed by atoms with Crippen LogP contribution in [-0.2, 0) is 6.42 Å². The van der Waals surface area contributed by atoms with E-state index in [2.05, 4.69) is 55.5 Å². The Kier molecular flexibility index (Phi) is 4.10. The van der Waals surface area contributed by atoms with Gasteiger partial charge in [0.15, 0.2) is 0 Å². The molecule has 0 aliphatic heterocycles. The third-order valence-electron chi connectivity index (χ3n) is 4.31. The van der Waals surface area contributed by atoms with Gasteiger partial charge in [-0.2, -0.15) is 0 Å². The molecule has 0 aliphatic rings. The third kappa shape index (κ3) is 2.87. The summed E-state index contributed by atoms with van der Waals surface area (Å²) in [6.07, 6.45) is 6.19. The summed E-state index contributed by atoms with van der Waals surface area (Å²) in [7, 11) is 0. The van der Waals surface area contributed by atoms with Gasteiger partial charge >= 0.3 is 0 Å². The van der Waals surface area contributed by atoms with Crippen LogP contribution in [0.1, 0.15) is 38.2 Å². The quantitative estimate of drug-likeness (QED) is 0.361. The van der Waals surface area contributed by atoms with E-state index in [0.29, 0.717) is 0 Å². The highest BCUT2D eigenvalue weighted by Gasteiger charge is 2.07. The second-order valence-electron chi connectivity index (χ2n) is 5.86. The van der Waals surface area contributed by atoms with E-state index in [1.165, 1.54) is 52.8 Å². The van der Waals surface area contributed by atoms with Gasteiger partial charge in [0, 0.05) is 5.69 Å². The van der Waals surface area contributed by atoms with E-state index >= 15 is 0 Å². The Labute approximate surface area is 126 Å². The van der Waals surface area contributed by atoms with Crippen LogP contribution in [0.5, 0.6) is 0 Å². The van der Waals surface area contributed by atoms with Crippen molar-refractivity contribution in [3.05, 3.63) is 54.1 Å². The first-order valence-electron chi connectivity index (χ1n) is 7.99. The Morgan fingerprint density at radius 3 is 2.33 bits per heavy atom. The molecule has 1 nitrogen and oxygen atoms in total. The van der Waals surface area contributed by atoms with Crippen molar-refractivity contribution in [2.75, 3.05) is 5.73 Å². The molecule has 1 heteroatoms.